The minimum atomic E-state index is 0.0384. The molecule has 0 spiro atoms. The third-order valence-corrected chi connectivity index (χ3v) is 3.57. The monoisotopic (exact) mass is 236 g/mol. The van der Waals surface area contributed by atoms with Crippen LogP contribution in [-0.4, -0.2) is 17.4 Å². The van der Waals surface area contributed by atoms with Gasteiger partial charge >= 0.3 is 0 Å². The maximum atomic E-state index is 11.3. The van der Waals surface area contributed by atoms with E-state index in [2.05, 4.69) is 22.8 Å². The summed E-state index contributed by atoms with van der Waals surface area (Å²) in [6, 6.07) is 10.5. The third kappa shape index (κ3) is 3.25. The molecule has 1 amide bonds. The second-order valence-electron chi connectivity index (χ2n) is 4.02. The fourth-order valence-corrected chi connectivity index (χ4v) is 2.78. The smallest absolute Gasteiger partial charge is 0.223 e. The van der Waals surface area contributed by atoms with Gasteiger partial charge in [0.1, 0.15) is 5.50 Å². The maximum Gasteiger partial charge on any atom is 0.223 e. The van der Waals surface area contributed by atoms with Gasteiger partial charge in [0.25, 0.3) is 0 Å². The van der Waals surface area contributed by atoms with E-state index in [9.17, 15) is 4.79 Å². The minimum absolute atomic E-state index is 0.0384. The van der Waals surface area contributed by atoms with Crippen molar-refractivity contribution in [1.29, 1.82) is 0 Å². The lowest BCUT2D eigenvalue weighted by atomic mass is 10.2. The highest BCUT2D eigenvalue weighted by Gasteiger charge is 2.22. The van der Waals surface area contributed by atoms with Gasteiger partial charge in [0.2, 0.25) is 5.91 Å². The van der Waals surface area contributed by atoms with Crippen LogP contribution in [0.3, 0.4) is 0 Å². The van der Waals surface area contributed by atoms with Crippen molar-refractivity contribution < 1.29 is 4.79 Å². The summed E-state index contributed by atoms with van der Waals surface area (Å²) < 4.78 is 0. The minimum Gasteiger partial charge on any atom is -0.332 e. The second kappa shape index (κ2) is 5.37. The van der Waals surface area contributed by atoms with Gasteiger partial charge in [-0.3, -0.25) is 10.1 Å². The van der Waals surface area contributed by atoms with Gasteiger partial charge in [0, 0.05) is 18.2 Å². The average Bonchev–Trinajstić information content (AvgIpc) is 2.27. The molecule has 1 fully saturated rings. The molecule has 1 heterocycles. The van der Waals surface area contributed by atoms with Crippen LogP contribution in [0.5, 0.6) is 0 Å². The molecule has 0 aliphatic carbocycles. The largest absolute Gasteiger partial charge is 0.332 e. The second-order valence-corrected chi connectivity index (χ2v) is 5.11. The molecule has 2 unspecified atom stereocenters. The van der Waals surface area contributed by atoms with E-state index in [1.54, 1.807) is 11.8 Å². The van der Waals surface area contributed by atoms with Crippen LogP contribution in [0.4, 0.5) is 0 Å². The molecular weight excluding hydrogens is 220 g/mol. The Balaban J connectivity index is 1.84. The Labute approximate surface area is 100.0 Å². The number of hydrogen-bond acceptors (Lipinski definition) is 3. The molecule has 3 nitrogen and oxygen atoms in total. The topological polar surface area (TPSA) is 41.1 Å². The molecule has 1 aliphatic rings. The average molecular weight is 236 g/mol. The molecule has 2 atom stereocenters. The Morgan fingerprint density at radius 3 is 2.81 bits per heavy atom. The van der Waals surface area contributed by atoms with Crippen LogP contribution < -0.4 is 10.6 Å². The van der Waals surface area contributed by atoms with Gasteiger partial charge in [-0.05, 0) is 12.5 Å². The highest BCUT2D eigenvalue weighted by Crippen LogP contribution is 2.17. The van der Waals surface area contributed by atoms with E-state index in [0.29, 0.717) is 6.42 Å². The van der Waals surface area contributed by atoms with Gasteiger partial charge in [-0.15, -0.1) is 11.8 Å². The van der Waals surface area contributed by atoms with E-state index in [1.807, 2.05) is 25.1 Å². The molecule has 0 aromatic heterocycles. The number of nitrogens with one attached hydrogen (secondary N) is 2. The van der Waals surface area contributed by atoms with Crippen molar-refractivity contribution in [3.8, 4) is 0 Å². The fraction of sp³-hybridized carbons (Fsp3) is 0.417. The lowest BCUT2D eigenvalue weighted by molar-refractivity contribution is -0.123. The van der Waals surface area contributed by atoms with Crippen molar-refractivity contribution in [2.45, 2.75) is 30.6 Å². The van der Waals surface area contributed by atoms with Gasteiger partial charge in [-0.1, -0.05) is 30.3 Å². The quantitative estimate of drug-likeness (QED) is 0.839. The van der Waals surface area contributed by atoms with Crippen LogP contribution in [0.2, 0.25) is 0 Å². The standard InChI is InChI=1S/C12H16N2OS/c1-9-7-11(15)14-12(13-9)16-8-10-5-3-2-4-6-10/h2-6,9,12-13H,7-8H2,1H3,(H,14,15). The Kier molecular flexibility index (Phi) is 3.85. The van der Waals surface area contributed by atoms with Crippen LogP contribution >= 0.6 is 11.8 Å². The maximum absolute atomic E-state index is 11.3. The molecule has 2 N–H and O–H groups in total. The summed E-state index contributed by atoms with van der Waals surface area (Å²) in [7, 11) is 0. The van der Waals surface area contributed by atoms with Crippen LogP contribution in [0.25, 0.3) is 0 Å². The van der Waals surface area contributed by atoms with E-state index in [0.717, 1.165) is 5.75 Å². The van der Waals surface area contributed by atoms with Crippen molar-refractivity contribution in [3.63, 3.8) is 0 Å². The third-order valence-electron chi connectivity index (χ3n) is 2.48. The number of hydrogen-bond donors (Lipinski definition) is 2. The van der Waals surface area contributed by atoms with Gasteiger partial charge in [0.15, 0.2) is 0 Å². The first-order valence-corrected chi connectivity index (χ1v) is 6.50. The van der Waals surface area contributed by atoms with E-state index in [-0.39, 0.29) is 17.4 Å². The molecule has 1 aromatic carbocycles. The summed E-state index contributed by atoms with van der Waals surface area (Å²) in [5.74, 6) is 1.04. The zero-order valence-corrected chi connectivity index (χ0v) is 10.1. The van der Waals surface area contributed by atoms with Crippen molar-refractivity contribution in [2.24, 2.45) is 0 Å². The van der Waals surface area contributed by atoms with Crippen LogP contribution in [0, 0.1) is 0 Å². The summed E-state index contributed by atoms with van der Waals surface area (Å²) in [5, 5.41) is 6.28. The van der Waals surface area contributed by atoms with Crippen LogP contribution in [-0.2, 0) is 10.5 Å². The molecule has 1 saturated heterocycles. The summed E-state index contributed by atoms with van der Waals surface area (Å²) >= 11 is 1.71. The highest BCUT2D eigenvalue weighted by molar-refractivity contribution is 7.99. The summed E-state index contributed by atoms with van der Waals surface area (Å²) in [5.41, 5.74) is 1.32. The molecule has 0 bridgehead atoms. The van der Waals surface area contributed by atoms with Crippen molar-refractivity contribution in [3.05, 3.63) is 35.9 Å². The predicted octanol–water partition coefficient (Wildman–Crippen LogP) is 1.70. The summed E-state index contributed by atoms with van der Waals surface area (Å²) in [4.78, 5) is 11.3. The number of carbonyl (C=O) groups is 1. The molecule has 86 valence electrons. The van der Waals surface area contributed by atoms with Gasteiger partial charge in [-0.25, -0.2) is 0 Å². The number of carbonyl (C=O) groups excluding carboxylic acids is 1. The molecular formula is C12H16N2OS. The van der Waals surface area contributed by atoms with Gasteiger partial charge in [-0.2, -0.15) is 0 Å². The zero-order chi connectivity index (χ0) is 11.4. The molecule has 0 radical (unpaired) electrons. The lowest BCUT2D eigenvalue weighted by Gasteiger charge is -2.29. The van der Waals surface area contributed by atoms with E-state index in [4.69, 9.17) is 0 Å². The first-order chi connectivity index (χ1) is 7.74. The number of thioether (sulfide) groups is 1. The Morgan fingerprint density at radius 2 is 2.12 bits per heavy atom. The molecule has 1 aromatic rings. The first-order valence-electron chi connectivity index (χ1n) is 5.45. The van der Waals surface area contributed by atoms with Crippen LogP contribution in [0.1, 0.15) is 18.9 Å². The van der Waals surface area contributed by atoms with Crippen molar-refractivity contribution in [1.82, 2.24) is 10.6 Å². The summed E-state index contributed by atoms with van der Waals surface area (Å²) in [6.07, 6.45) is 0.572. The molecule has 16 heavy (non-hydrogen) atoms. The van der Waals surface area contributed by atoms with Crippen molar-refractivity contribution >= 4 is 17.7 Å². The highest BCUT2D eigenvalue weighted by atomic mass is 32.2. The molecule has 0 saturated carbocycles. The van der Waals surface area contributed by atoms with Crippen molar-refractivity contribution in [2.75, 3.05) is 0 Å². The zero-order valence-electron chi connectivity index (χ0n) is 9.27. The molecule has 2 rings (SSSR count). The Morgan fingerprint density at radius 1 is 1.38 bits per heavy atom. The fourth-order valence-electron chi connectivity index (χ4n) is 1.69. The van der Waals surface area contributed by atoms with E-state index < -0.39 is 0 Å². The van der Waals surface area contributed by atoms with Crippen LogP contribution in [0.15, 0.2) is 30.3 Å². The number of amides is 1. The van der Waals surface area contributed by atoms with E-state index in [1.165, 1.54) is 5.56 Å². The molecule has 1 aliphatic heterocycles. The first kappa shape index (κ1) is 11.5. The number of rotatable bonds is 3. The van der Waals surface area contributed by atoms with Gasteiger partial charge < -0.3 is 5.32 Å². The predicted molar refractivity (Wildman–Crippen MR) is 66.9 cm³/mol. The number of benzene rings is 1. The van der Waals surface area contributed by atoms with Gasteiger partial charge in [0.05, 0.1) is 0 Å². The Bertz CT molecular complexity index is 355. The molecule has 4 heteroatoms. The summed E-state index contributed by atoms with van der Waals surface area (Å²) in [6.45, 7) is 2.04. The lowest BCUT2D eigenvalue weighted by Crippen LogP contribution is -2.53. The normalized spacial score (nSPS) is 25.2. The Hall–Kier alpha value is -1.00. The van der Waals surface area contributed by atoms with E-state index >= 15 is 0 Å². The SMILES string of the molecule is CC1CC(=O)NC(SCc2ccccc2)N1.